The lowest BCUT2D eigenvalue weighted by Crippen LogP contribution is -2.48. The third-order valence-corrected chi connectivity index (χ3v) is 9.07. The van der Waals surface area contributed by atoms with E-state index in [-0.39, 0.29) is 11.9 Å². The second-order valence-corrected chi connectivity index (χ2v) is 11.9. The number of sulfonamides is 1. The molecule has 0 unspecified atom stereocenters. The molecule has 1 aliphatic heterocycles. The summed E-state index contributed by atoms with van der Waals surface area (Å²) in [6.45, 7) is 4.98. The Morgan fingerprint density at radius 1 is 0.744 bits per heavy atom. The highest BCUT2D eigenvalue weighted by Crippen LogP contribution is 2.23. The fourth-order valence-corrected chi connectivity index (χ4v) is 6.31. The lowest BCUT2D eigenvalue weighted by Gasteiger charge is -2.34. The molecule has 1 saturated heterocycles. The molecular formula is C32H33N3O3S. The quantitative estimate of drug-likeness (QED) is 0.341. The number of carbonyl (C=O) groups excluding carboxylic acids is 1. The lowest BCUT2D eigenvalue weighted by molar-refractivity contribution is 0.0943. The number of nitrogens with one attached hydrogen (secondary N) is 1. The van der Waals surface area contributed by atoms with Gasteiger partial charge in [-0.25, -0.2) is 8.42 Å². The normalized spacial score (nSPS) is 15.5. The van der Waals surface area contributed by atoms with Crippen molar-refractivity contribution in [3.63, 3.8) is 0 Å². The molecule has 0 aliphatic carbocycles. The van der Waals surface area contributed by atoms with Crippen LogP contribution in [0.3, 0.4) is 0 Å². The Labute approximate surface area is 231 Å². The summed E-state index contributed by atoms with van der Waals surface area (Å²) in [6.07, 6.45) is 0. The minimum absolute atomic E-state index is 0.129. The van der Waals surface area contributed by atoms with Crippen LogP contribution in [0.15, 0.2) is 114 Å². The van der Waals surface area contributed by atoms with E-state index in [1.54, 1.807) is 28.6 Å². The molecule has 1 fully saturated rings. The van der Waals surface area contributed by atoms with Crippen LogP contribution in [0.5, 0.6) is 0 Å². The summed E-state index contributed by atoms with van der Waals surface area (Å²) in [7, 11) is -3.46. The largest absolute Gasteiger partial charge is 0.341 e. The van der Waals surface area contributed by atoms with E-state index in [9.17, 15) is 13.2 Å². The number of rotatable bonds is 8. The molecule has 1 atom stereocenters. The Morgan fingerprint density at radius 3 is 1.92 bits per heavy atom. The molecule has 1 heterocycles. The van der Waals surface area contributed by atoms with Gasteiger partial charge in [-0.15, -0.1) is 0 Å². The van der Waals surface area contributed by atoms with Crippen molar-refractivity contribution in [3.05, 3.63) is 137 Å². The Balaban J connectivity index is 1.20. The summed E-state index contributed by atoms with van der Waals surface area (Å²) in [5, 5.41) is 3.21. The molecule has 1 aliphatic rings. The smallest absolute Gasteiger partial charge is 0.252 e. The van der Waals surface area contributed by atoms with E-state index in [0.29, 0.717) is 43.2 Å². The molecule has 4 aromatic carbocycles. The highest BCUT2D eigenvalue weighted by molar-refractivity contribution is 7.89. The molecule has 0 spiro atoms. The zero-order chi connectivity index (χ0) is 27.2. The summed E-state index contributed by atoms with van der Waals surface area (Å²) < 4.78 is 27.3. The average molecular weight is 540 g/mol. The van der Waals surface area contributed by atoms with Crippen LogP contribution in [0.25, 0.3) is 0 Å². The van der Waals surface area contributed by atoms with Gasteiger partial charge in [-0.2, -0.15) is 4.31 Å². The van der Waals surface area contributed by atoms with Crippen LogP contribution in [0.4, 0.5) is 0 Å². The molecule has 1 amide bonds. The van der Waals surface area contributed by atoms with Crippen molar-refractivity contribution in [1.82, 2.24) is 14.5 Å². The highest BCUT2D eigenvalue weighted by Gasteiger charge is 2.28. The average Bonchev–Trinajstić information content (AvgIpc) is 2.98. The maximum absolute atomic E-state index is 13.2. The summed E-state index contributed by atoms with van der Waals surface area (Å²) in [5.74, 6) is -0.129. The Hall–Kier alpha value is -3.78. The molecule has 4 aromatic rings. The van der Waals surface area contributed by atoms with Gasteiger partial charge in [0.05, 0.1) is 10.9 Å². The van der Waals surface area contributed by atoms with Gasteiger partial charge >= 0.3 is 0 Å². The molecule has 0 aromatic heterocycles. The monoisotopic (exact) mass is 539 g/mol. The molecule has 0 radical (unpaired) electrons. The minimum Gasteiger partial charge on any atom is -0.341 e. The number of piperazine rings is 1. The fraction of sp³-hybridized carbons (Fsp3) is 0.219. The number of benzene rings is 4. The zero-order valence-electron chi connectivity index (χ0n) is 22.0. The maximum Gasteiger partial charge on any atom is 0.252 e. The van der Waals surface area contributed by atoms with Gasteiger partial charge in [-0.1, -0.05) is 90.5 Å². The lowest BCUT2D eigenvalue weighted by atomic mass is 9.97. The van der Waals surface area contributed by atoms with Gasteiger partial charge in [0, 0.05) is 38.3 Å². The number of nitrogens with zero attached hydrogens (tertiary/aromatic N) is 2. The molecule has 5 rings (SSSR count). The summed E-state index contributed by atoms with van der Waals surface area (Å²) >= 11 is 0. The van der Waals surface area contributed by atoms with Gasteiger partial charge in [-0.3, -0.25) is 9.69 Å². The van der Waals surface area contributed by atoms with Crippen molar-refractivity contribution in [2.24, 2.45) is 0 Å². The standard InChI is InChI=1S/C32H33N3O3S/c1-25-12-16-28(17-13-25)31(27-8-4-2-5-9-27)33-32(36)29-18-14-26(15-19-29)24-34-20-22-35(23-21-34)39(37,38)30-10-6-3-7-11-30/h2-19,31H,20-24H2,1H3,(H,33,36)/t31-/m1/s1. The highest BCUT2D eigenvalue weighted by atomic mass is 32.2. The van der Waals surface area contributed by atoms with Crippen LogP contribution in [0.2, 0.25) is 0 Å². The van der Waals surface area contributed by atoms with Gasteiger partial charge < -0.3 is 5.32 Å². The fourth-order valence-electron chi connectivity index (χ4n) is 4.87. The Morgan fingerprint density at radius 2 is 1.31 bits per heavy atom. The number of hydrogen-bond acceptors (Lipinski definition) is 4. The second kappa shape index (κ2) is 11.9. The minimum atomic E-state index is -3.46. The Kier molecular flexibility index (Phi) is 8.21. The van der Waals surface area contributed by atoms with E-state index in [1.165, 1.54) is 5.56 Å². The second-order valence-electron chi connectivity index (χ2n) is 9.92. The van der Waals surface area contributed by atoms with Gasteiger partial charge in [0.1, 0.15) is 0 Å². The van der Waals surface area contributed by atoms with Crippen LogP contribution in [-0.4, -0.2) is 49.7 Å². The van der Waals surface area contributed by atoms with Crippen LogP contribution in [0.1, 0.15) is 38.7 Å². The first-order valence-corrected chi connectivity index (χ1v) is 14.6. The first-order valence-electron chi connectivity index (χ1n) is 13.2. The molecule has 39 heavy (non-hydrogen) atoms. The first-order chi connectivity index (χ1) is 18.9. The number of amides is 1. The third kappa shape index (κ3) is 6.45. The summed E-state index contributed by atoms with van der Waals surface area (Å²) in [4.78, 5) is 15.8. The van der Waals surface area contributed by atoms with Crippen molar-refractivity contribution < 1.29 is 13.2 Å². The van der Waals surface area contributed by atoms with Crippen LogP contribution in [-0.2, 0) is 16.6 Å². The molecule has 1 N–H and O–H groups in total. The Bertz CT molecular complexity index is 1480. The van der Waals surface area contributed by atoms with Crippen molar-refractivity contribution in [1.29, 1.82) is 0 Å². The molecule has 0 bridgehead atoms. The van der Waals surface area contributed by atoms with Gasteiger partial charge in [0.2, 0.25) is 10.0 Å². The van der Waals surface area contributed by atoms with Gasteiger partial charge in [0.15, 0.2) is 0 Å². The number of hydrogen-bond donors (Lipinski definition) is 1. The first kappa shape index (κ1) is 26.8. The van der Waals surface area contributed by atoms with Gasteiger partial charge in [0.25, 0.3) is 5.91 Å². The summed E-state index contributed by atoms with van der Waals surface area (Å²) in [6, 6.07) is 34.2. The predicted molar refractivity (Wildman–Crippen MR) is 154 cm³/mol. The van der Waals surface area contributed by atoms with E-state index in [2.05, 4.69) is 34.5 Å². The van der Waals surface area contributed by atoms with Crippen molar-refractivity contribution in [2.45, 2.75) is 24.4 Å². The number of carbonyl (C=O) groups is 1. The van der Waals surface area contributed by atoms with Crippen LogP contribution >= 0.6 is 0 Å². The molecule has 200 valence electrons. The number of aryl methyl sites for hydroxylation is 1. The van der Waals surface area contributed by atoms with E-state index >= 15 is 0 Å². The van der Waals surface area contributed by atoms with Crippen LogP contribution in [0, 0.1) is 6.92 Å². The zero-order valence-corrected chi connectivity index (χ0v) is 22.8. The third-order valence-electron chi connectivity index (χ3n) is 7.15. The van der Waals surface area contributed by atoms with Crippen molar-refractivity contribution in [2.75, 3.05) is 26.2 Å². The van der Waals surface area contributed by atoms with E-state index < -0.39 is 10.0 Å². The molecular weight excluding hydrogens is 506 g/mol. The molecule has 7 heteroatoms. The maximum atomic E-state index is 13.2. The SMILES string of the molecule is Cc1ccc([C@H](NC(=O)c2ccc(CN3CCN(S(=O)(=O)c4ccccc4)CC3)cc2)c2ccccc2)cc1. The van der Waals surface area contributed by atoms with Crippen molar-refractivity contribution in [3.8, 4) is 0 Å². The van der Waals surface area contributed by atoms with Crippen molar-refractivity contribution >= 4 is 15.9 Å². The van der Waals surface area contributed by atoms with E-state index in [1.807, 2.05) is 67.6 Å². The topological polar surface area (TPSA) is 69.7 Å². The summed E-state index contributed by atoms with van der Waals surface area (Å²) in [5.41, 5.74) is 4.92. The van der Waals surface area contributed by atoms with Crippen LogP contribution < -0.4 is 5.32 Å². The van der Waals surface area contributed by atoms with Gasteiger partial charge in [-0.05, 0) is 47.9 Å². The van der Waals surface area contributed by atoms with E-state index in [4.69, 9.17) is 0 Å². The molecule has 0 saturated carbocycles. The predicted octanol–water partition coefficient (Wildman–Crippen LogP) is 5.02. The molecule has 6 nitrogen and oxygen atoms in total. The van der Waals surface area contributed by atoms with E-state index in [0.717, 1.165) is 16.7 Å².